The minimum absolute atomic E-state index is 0.0182. The zero-order valence-electron chi connectivity index (χ0n) is 12.0. The van der Waals surface area contributed by atoms with E-state index in [0.717, 1.165) is 16.8 Å². The van der Waals surface area contributed by atoms with Crippen LogP contribution in [0, 0.1) is 0 Å². The molecule has 0 spiro atoms. The Labute approximate surface area is 147 Å². The van der Waals surface area contributed by atoms with Gasteiger partial charge in [0.2, 0.25) is 10.0 Å². The number of furan rings is 1. The molecule has 10 heteroatoms. The SMILES string of the molecule is NN1C(=O)C(=Cc2ccc(-c3ccc(S(N)(=O)=O)cc3)o2)SC1=S. The van der Waals surface area contributed by atoms with E-state index in [2.05, 4.69) is 0 Å². The number of primary sulfonamides is 1. The first-order valence-corrected chi connectivity index (χ1v) is 9.28. The van der Waals surface area contributed by atoms with Crippen LogP contribution in [0.1, 0.15) is 5.76 Å². The van der Waals surface area contributed by atoms with Gasteiger partial charge in [0, 0.05) is 11.6 Å². The van der Waals surface area contributed by atoms with Gasteiger partial charge in [-0.1, -0.05) is 24.0 Å². The highest BCUT2D eigenvalue weighted by Crippen LogP contribution is 2.32. The van der Waals surface area contributed by atoms with Crippen molar-refractivity contribution in [3.63, 3.8) is 0 Å². The van der Waals surface area contributed by atoms with Crippen LogP contribution in [0.2, 0.25) is 0 Å². The molecule has 0 saturated carbocycles. The van der Waals surface area contributed by atoms with Crippen molar-refractivity contribution in [1.82, 2.24) is 5.01 Å². The fourth-order valence-corrected chi connectivity index (χ4v) is 3.60. The predicted molar refractivity (Wildman–Crippen MR) is 94.7 cm³/mol. The van der Waals surface area contributed by atoms with Gasteiger partial charge in [0.25, 0.3) is 5.91 Å². The molecule has 1 saturated heterocycles. The number of carbonyl (C=O) groups excluding carboxylic acids is 1. The monoisotopic (exact) mass is 381 g/mol. The van der Waals surface area contributed by atoms with Crippen molar-refractivity contribution in [3.05, 3.63) is 47.1 Å². The zero-order valence-corrected chi connectivity index (χ0v) is 14.5. The average molecular weight is 381 g/mol. The molecule has 1 aliphatic heterocycles. The normalized spacial score (nSPS) is 17.1. The molecule has 0 bridgehead atoms. The highest BCUT2D eigenvalue weighted by Gasteiger charge is 2.30. The van der Waals surface area contributed by atoms with Crippen LogP contribution in [0.15, 0.2) is 50.6 Å². The third-order valence-electron chi connectivity index (χ3n) is 3.19. The van der Waals surface area contributed by atoms with Gasteiger partial charge in [0.15, 0.2) is 4.32 Å². The first-order valence-electron chi connectivity index (χ1n) is 6.51. The van der Waals surface area contributed by atoms with Crippen LogP contribution in [0.25, 0.3) is 17.4 Å². The van der Waals surface area contributed by atoms with Crippen molar-refractivity contribution < 1.29 is 17.6 Å². The van der Waals surface area contributed by atoms with Crippen LogP contribution >= 0.6 is 24.0 Å². The minimum Gasteiger partial charge on any atom is -0.457 e. The van der Waals surface area contributed by atoms with Gasteiger partial charge < -0.3 is 4.42 Å². The summed E-state index contributed by atoms with van der Waals surface area (Å²) in [6, 6.07) is 9.36. The lowest BCUT2D eigenvalue weighted by atomic mass is 10.2. The Morgan fingerprint density at radius 2 is 1.83 bits per heavy atom. The Kier molecular flexibility index (Phi) is 4.32. The quantitative estimate of drug-likeness (QED) is 0.359. The Bertz CT molecular complexity index is 961. The molecule has 0 unspecified atom stereocenters. The maximum absolute atomic E-state index is 11.8. The summed E-state index contributed by atoms with van der Waals surface area (Å²) in [7, 11) is -3.74. The van der Waals surface area contributed by atoms with Gasteiger partial charge in [-0.25, -0.2) is 24.4 Å². The lowest BCUT2D eigenvalue weighted by Crippen LogP contribution is -2.34. The van der Waals surface area contributed by atoms with Gasteiger partial charge >= 0.3 is 0 Å². The number of nitrogens with zero attached hydrogens (tertiary/aromatic N) is 1. The van der Waals surface area contributed by atoms with Gasteiger partial charge in [-0.3, -0.25) is 4.79 Å². The van der Waals surface area contributed by atoms with E-state index in [4.69, 9.17) is 27.6 Å². The molecule has 2 aromatic rings. The second-order valence-electron chi connectivity index (χ2n) is 4.82. The molecule has 1 aliphatic rings. The first-order chi connectivity index (χ1) is 11.3. The summed E-state index contributed by atoms with van der Waals surface area (Å²) in [6.07, 6.45) is 1.55. The summed E-state index contributed by atoms with van der Waals surface area (Å²) < 4.78 is 28.4. The van der Waals surface area contributed by atoms with Crippen molar-refractivity contribution in [2.75, 3.05) is 0 Å². The maximum Gasteiger partial charge on any atom is 0.280 e. The molecular formula is C14H11N3O4S3. The molecule has 24 heavy (non-hydrogen) atoms. The summed E-state index contributed by atoms with van der Waals surface area (Å²) in [4.78, 5) is 12.2. The number of amides is 1. The number of nitrogens with two attached hydrogens (primary N) is 2. The highest BCUT2D eigenvalue weighted by atomic mass is 32.2. The van der Waals surface area contributed by atoms with E-state index < -0.39 is 10.0 Å². The van der Waals surface area contributed by atoms with E-state index >= 15 is 0 Å². The van der Waals surface area contributed by atoms with Crippen molar-refractivity contribution in [2.24, 2.45) is 11.0 Å². The number of benzene rings is 1. The fraction of sp³-hybridized carbons (Fsp3) is 0. The second kappa shape index (κ2) is 6.15. The Morgan fingerprint density at radius 3 is 2.38 bits per heavy atom. The van der Waals surface area contributed by atoms with Crippen LogP contribution in [0.4, 0.5) is 0 Å². The first kappa shape index (κ1) is 16.9. The average Bonchev–Trinajstić information content (AvgIpc) is 3.08. The number of rotatable bonds is 3. The van der Waals surface area contributed by atoms with E-state index in [1.165, 1.54) is 12.1 Å². The van der Waals surface area contributed by atoms with E-state index in [9.17, 15) is 13.2 Å². The number of hydrogen-bond acceptors (Lipinski definition) is 7. The largest absolute Gasteiger partial charge is 0.457 e. The van der Waals surface area contributed by atoms with Crippen molar-refractivity contribution in [3.8, 4) is 11.3 Å². The van der Waals surface area contributed by atoms with Crippen LogP contribution in [0.3, 0.4) is 0 Å². The summed E-state index contributed by atoms with van der Waals surface area (Å²) >= 11 is 6.04. The lowest BCUT2D eigenvalue weighted by Gasteiger charge is -2.02. The smallest absolute Gasteiger partial charge is 0.280 e. The number of sulfonamides is 1. The van der Waals surface area contributed by atoms with E-state index in [1.54, 1.807) is 30.3 Å². The Hall–Kier alpha value is -1.98. The van der Waals surface area contributed by atoms with Crippen molar-refractivity contribution in [1.29, 1.82) is 0 Å². The molecule has 7 nitrogen and oxygen atoms in total. The van der Waals surface area contributed by atoms with Crippen LogP contribution in [-0.2, 0) is 14.8 Å². The molecule has 124 valence electrons. The number of hydrogen-bond donors (Lipinski definition) is 2. The summed E-state index contributed by atoms with van der Waals surface area (Å²) in [5.41, 5.74) is 0.674. The molecule has 3 rings (SSSR count). The van der Waals surface area contributed by atoms with Gasteiger partial charge in [0.05, 0.1) is 9.80 Å². The molecular weight excluding hydrogens is 370 g/mol. The maximum atomic E-state index is 11.8. The van der Waals surface area contributed by atoms with E-state index in [0.29, 0.717) is 22.0 Å². The van der Waals surface area contributed by atoms with Crippen LogP contribution in [-0.4, -0.2) is 23.7 Å². The molecule has 0 radical (unpaired) electrons. The Morgan fingerprint density at radius 1 is 1.17 bits per heavy atom. The van der Waals surface area contributed by atoms with Crippen LogP contribution in [0.5, 0.6) is 0 Å². The van der Waals surface area contributed by atoms with Crippen molar-refractivity contribution >= 4 is 50.3 Å². The minimum atomic E-state index is -3.74. The number of thioether (sulfide) groups is 1. The van der Waals surface area contributed by atoms with Crippen molar-refractivity contribution in [2.45, 2.75) is 4.90 Å². The molecule has 1 fully saturated rings. The molecule has 2 heterocycles. The predicted octanol–water partition coefficient (Wildman–Crippen LogP) is 1.67. The summed E-state index contributed by atoms with van der Waals surface area (Å²) in [5, 5.41) is 5.96. The molecule has 1 aromatic heterocycles. The fourth-order valence-electron chi connectivity index (χ4n) is 2.00. The van der Waals surface area contributed by atoms with Gasteiger partial charge in [-0.2, -0.15) is 0 Å². The lowest BCUT2D eigenvalue weighted by molar-refractivity contribution is -0.122. The molecule has 0 aliphatic carbocycles. The molecule has 1 amide bonds. The molecule has 1 aromatic carbocycles. The number of hydrazine groups is 1. The topological polar surface area (TPSA) is 120 Å². The van der Waals surface area contributed by atoms with Gasteiger partial charge in [-0.05, 0) is 36.4 Å². The summed E-state index contributed by atoms with van der Waals surface area (Å²) in [5.74, 6) is 6.09. The van der Waals surface area contributed by atoms with Gasteiger partial charge in [0.1, 0.15) is 11.5 Å². The van der Waals surface area contributed by atoms with E-state index in [-0.39, 0.29) is 15.1 Å². The third-order valence-corrected chi connectivity index (χ3v) is 5.45. The highest BCUT2D eigenvalue weighted by molar-refractivity contribution is 8.26. The van der Waals surface area contributed by atoms with Gasteiger partial charge in [-0.15, -0.1) is 0 Å². The Balaban J connectivity index is 1.86. The summed E-state index contributed by atoms with van der Waals surface area (Å²) in [6.45, 7) is 0. The number of thiocarbonyl (C=S) groups is 1. The third kappa shape index (κ3) is 3.28. The molecule has 0 atom stereocenters. The second-order valence-corrected chi connectivity index (χ2v) is 8.06. The van der Waals surface area contributed by atoms with Crippen LogP contribution < -0.4 is 11.0 Å². The molecule has 4 N–H and O–H groups in total. The number of carbonyl (C=O) groups is 1. The van der Waals surface area contributed by atoms with E-state index in [1.807, 2.05) is 0 Å². The zero-order chi connectivity index (χ0) is 17.5. The standard InChI is InChI=1S/C14H11N3O4S3/c15-17-13(18)12(23-14(17)22)7-9-3-6-11(21-9)8-1-4-10(5-2-8)24(16,19)20/h1-7H,15H2,(H2,16,19,20).